The normalized spacial score (nSPS) is 15.6. The van der Waals surface area contributed by atoms with E-state index in [1.54, 1.807) is 0 Å². The van der Waals surface area contributed by atoms with Gasteiger partial charge in [-0.1, -0.05) is 151 Å². The molecule has 0 N–H and O–H groups in total. The predicted octanol–water partition coefficient (Wildman–Crippen LogP) is 11.6. The molecular formula is C47H41N5. The Kier molecular flexibility index (Phi) is 7.10. The summed E-state index contributed by atoms with van der Waals surface area (Å²) in [7, 11) is 0. The second-order valence-corrected chi connectivity index (χ2v) is 15.7. The van der Waals surface area contributed by atoms with Gasteiger partial charge in [-0.25, -0.2) is 4.98 Å². The molecule has 5 aromatic carbocycles. The predicted molar refractivity (Wildman–Crippen MR) is 214 cm³/mol. The molecule has 8 aromatic rings. The van der Waals surface area contributed by atoms with E-state index in [1.165, 1.54) is 21.9 Å². The van der Waals surface area contributed by atoms with Gasteiger partial charge < -0.3 is 0 Å². The van der Waals surface area contributed by atoms with Crippen LogP contribution in [-0.4, -0.2) is 24.5 Å². The summed E-state index contributed by atoms with van der Waals surface area (Å²) in [5.74, 6) is 1.84. The van der Waals surface area contributed by atoms with E-state index in [0.717, 1.165) is 44.5 Å². The molecule has 0 atom stereocenters. The lowest BCUT2D eigenvalue weighted by molar-refractivity contribution is 0.125. The van der Waals surface area contributed by atoms with Gasteiger partial charge in [-0.2, -0.15) is 9.97 Å². The summed E-state index contributed by atoms with van der Waals surface area (Å²) in [5, 5.41) is 2.33. The molecule has 5 nitrogen and oxygen atoms in total. The third kappa shape index (κ3) is 4.76. The van der Waals surface area contributed by atoms with E-state index >= 15 is 0 Å². The molecule has 9 rings (SSSR count). The van der Waals surface area contributed by atoms with Gasteiger partial charge in [0.05, 0.1) is 16.7 Å². The number of aromatic nitrogens is 5. The Hall–Kier alpha value is -5.94. The summed E-state index contributed by atoms with van der Waals surface area (Å²) < 4.78 is 2.15. The van der Waals surface area contributed by atoms with Gasteiger partial charge in [-0.3, -0.25) is 9.55 Å². The van der Waals surface area contributed by atoms with E-state index in [-0.39, 0.29) is 16.2 Å². The number of hydrogen-bond acceptors (Lipinski definition) is 4. The SMILES string of the molecule is CC1(C)c2ccc(-c3ccc(-c4ccc(-c5nc(-c6ccccc6)nc(-n6c7ccccc7c7ccccc76)n5)cc4)cn3)cc2C(C)(C)C1(C)C. The number of rotatable bonds is 5. The molecule has 0 fully saturated rings. The Morgan fingerprint density at radius 2 is 0.962 bits per heavy atom. The first-order chi connectivity index (χ1) is 25.0. The third-order valence-electron chi connectivity index (χ3n) is 12.5. The molecule has 0 aliphatic heterocycles. The molecular weight excluding hydrogens is 635 g/mol. The van der Waals surface area contributed by atoms with Crippen LogP contribution in [0.1, 0.15) is 52.7 Å². The minimum absolute atomic E-state index is 0.0497. The topological polar surface area (TPSA) is 56.5 Å². The third-order valence-corrected chi connectivity index (χ3v) is 12.5. The van der Waals surface area contributed by atoms with Crippen molar-refractivity contribution in [2.24, 2.45) is 5.41 Å². The fourth-order valence-electron chi connectivity index (χ4n) is 8.22. The van der Waals surface area contributed by atoms with E-state index in [1.807, 2.05) is 36.5 Å². The second kappa shape index (κ2) is 11.5. The monoisotopic (exact) mass is 675 g/mol. The summed E-state index contributed by atoms with van der Waals surface area (Å²) in [5.41, 5.74) is 11.4. The summed E-state index contributed by atoms with van der Waals surface area (Å²) in [6.45, 7) is 14.3. The maximum Gasteiger partial charge on any atom is 0.238 e. The minimum Gasteiger partial charge on any atom is -0.278 e. The average Bonchev–Trinajstić information content (AvgIpc) is 3.56. The number of fused-ring (bicyclic) bond motifs is 4. The molecule has 3 heterocycles. The molecule has 254 valence electrons. The highest BCUT2D eigenvalue weighted by atomic mass is 15.2. The van der Waals surface area contributed by atoms with Crippen molar-refractivity contribution in [1.29, 1.82) is 0 Å². The smallest absolute Gasteiger partial charge is 0.238 e. The van der Waals surface area contributed by atoms with E-state index < -0.39 is 0 Å². The maximum atomic E-state index is 5.10. The number of hydrogen-bond donors (Lipinski definition) is 0. The molecule has 0 spiro atoms. The van der Waals surface area contributed by atoms with E-state index in [2.05, 4.69) is 149 Å². The molecule has 1 aliphatic rings. The molecule has 0 radical (unpaired) electrons. The standard InChI is InChI=1S/C47H41N5/c1-45(2)37-26-24-33(28-38(37)46(3,4)47(45,5)6)39-27-25-34(29-48-39)30-20-22-32(23-21-30)43-49-42(31-14-8-7-9-15-31)50-44(51-43)52-40-18-12-10-16-35(40)36-17-11-13-19-41(36)52/h7-29H,1-6H3. The first-order valence-electron chi connectivity index (χ1n) is 18.1. The van der Waals surface area contributed by atoms with Crippen LogP contribution in [0.2, 0.25) is 0 Å². The van der Waals surface area contributed by atoms with Crippen molar-refractivity contribution in [2.75, 3.05) is 0 Å². The number of para-hydroxylation sites is 2. The van der Waals surface area contributed by atoms with Crippen LogP contribution >= 0.6 is 0 Å². The van der Waals surface area contributed by atoms with Crippen LogP contribution in [0.4, 0.5) is 0 Å². The van der Waals surface area contributed by atoms with Crippen molar-refractivity contribution in [3.05, 3.63) is 151 Å². The zero-order chi connectivity index (χ0) is 35.8. The van der Waals surface area contributed by atoms with Gasteiger partial charge in [-0.05, 0) is 57.2 Å². The van der Waals surface area contributed by atoms with Crippen molar-refractivity contribution in [2.45, 2.75) is 52.4 Å². The summed E-state index contributed by atoms with van der Waals surface area (Å²) in [4.78, 5) is 20.1. The zero-order valence-electron chi connectivity index (χ0n) is 30.5. The highest BCUT2D eigenvalue weighted by molar-refractivity contribution is 6.09. The largest absolute Gasteiger partial charge is 0.278 e. The van der Waals surface area contributed by atoms with Crippen molar-refractivity contribution < 1.29 is 0 Å². The molecule has 52 heavy (non-hydrogen) atoms. The van der Waals surface area contributed by atoms with E-state index in [0.29, 0.717) is 17.6 Å². The van der Waals surface area contributed by atoms with Gasteiger partial charge in [0, 0.05) is 39.2 Å². The van der Waals surface area contributed by atoms with Gasteiger partial charge in [0.15, 0.2) is 11.6 Å². The molecule has 0 amide bonds. The highest BCUT2D eigenvalue weighted by Crippen LogP contribution is 2.61. The van der Waals surface area contributed by atoms with Gasteiger partial charge in [0.2, 0.25) is 5.95 Å². The van der Waals surface area contributed by atoms with Gasteiger partial charge in [-0.15, -0.1) is 0 Å². The van der Waals surface area contributed by atoms with E-state index in [9.17, 15) is 0 Å². The highest BCUT2D eigenvalue weighted by Gasteiger charge is 2.56. The van der Waals surface area contributed by atoms with Crippen LogP contribution in [0.25, 0.3) is 72.9 Å². The number of nitrogens with zero attached hydrogens (tertiary/aromatic N) is 5. The molecule has 0 unspecified atom stereocenters. The van der Waals surface area contributed by atoms with Crippen molar-refractivity contribution >= 4 is 21.8 Å². The average molecular weight is 676 g/mol. The summed E-state index contributed by atoms with van der Waals surface area (Å²) in [6.07, 6.45) is 1.98. The number of benzene rings is 5. The fourth-order valence-corrected chi connectivity index (χ4v) is 8.22. The molecule has 3 aromatic heterocycles. The Morgan fingerprint density at radius 1 is 0.442 bits per heavy atom. The van der Waals surface area contributed by atoms with Crippen LogP contribution in [0.3, 0.4) is 0 Å². The number of pyridine rings is 1. The maximum absolute atomic E-state index is 5.10. The van der Waals surface area contributed by atoms with Crippen LogP contribution in [-0.2, 0) is 10.8 Å². The lowest BCUT2D eigenvalue weighted by Gasteiger charge is -2.44. The first-order valence-corrected chi connectivity index (χ1v) is 18.1. The van der Waals surface area contributed by atoms with Crippen LogP contribution in [0, 0.1) is 5.41 Å². The van der Waals surface area contributed by atoms with Gasteiger partial charge >= 0.3 is 0 Å². The van der Waals surface area contributed by atoms with Gasteiger partial charge in [0.1, 0.15) is 0 Å². The van der Waals surface area contributed by atoms with Crippen LogP contribution in [0.15, 0.2) is 140 Å². The minimum atomic E-state index is 0.0497. The molecule has 0 bridgehead atoms. The van der Waals surface area contributed by atoms with E-state index in [4.69, 9.17) is 19.9 Å². The molecule has 1 aliphatic carbocycles. The Labute approximate surface area is 305 Å². The first kappa shape index (κ1) is 32.0. The summed E-state index contributed by atoms with van der Waals surface area (Å²) in [6, 6.07) is 46.6. The van der Waals surface area contributed by atoms with Crippen molar-refractivity contribution in [1.82, 2.24) is 24.5 Å². The zero-order valence-corrected chi connectivity index (χ0v) is 30.5. The lowest BCUT2D eigenvalue weighted by Crippen LogP contribution is -2.42. The molecule has 0 saturated heterocycles. The Morgan fingerprint density at radius 3 is 1.58 bits per heavy atom. The lowest BCUT2D eigenvalue weighted by atomic mass is 9.59. The van der Waals surface area contributed by atoms with Crippen molar-refractivity contribution in [3.63, 3.8) is 0 Å². The van der Waals surface area contributed by atoms with Crippen LogP contribution in [0.5, 0.6) is 0 Å². The molecule has 0 saturated carbocycles. The van der Waals surface area contributed by atoms with Crippen molar-refractivity contribution in [3.8, 4) is 51.1 Å². The quantitative estimate of drug-likeness (QED) is 0.182. The molecule has 5 heteroatoms. The Bertz CT molecular complexity index is 2580. The second-order valence-electron chi connectivity index (χ2n) is 15.7. The summed E-state index contributed by atoms with van der Waals surface area (Å²) >= 11 is 0. The van der Waals surface area contributed by atoms with Gasteiger partial charge in [0.25, 0.3) is 0 Å². The Balaban J connectivity index is 1.07. The van der Waals surface area contributed by atoms with Crippen LogP contribution < -0.4 is 0 Å². The fraction of sp³-hybridized carbons (Fsp3) is 0.191.